The van der Waals surface area contributed by atoms with E-state index in [-0.39, 0.29) is 0 Å². The molecule has 0 spiro atoms. The fourth-order valence-electron chi connectivity index (χ4n) is 2.44. The van der Waals surface area contributed by atoms with Crippen molar-refractivity contribution in [2.45, 2.75) is 52.4 Å². The van der Waals surface area contributed by atoms with E-state index >= 15 is 0 Å². The van der Waals surface area contributed by atoms with Crippen molar-refractivity contribution >= 4 is 7.85 Å². The zero-order valence-corrected chi connectivity index (χ0v) is 10.2. The molecule has 0 N–H and O–H groups in total. The van der Waals surface area contributed by atoms with Crippen LogP contribution in [-0.4, -0.2) is 31.9 Å². The lowest BCUT2D eigenvalue weighted by Gasteiger charge is -2.36. The van der Waals surface area contributed by atoms with Gasteiger partial charge in [-0.25, -0.2) is 0 Å². The molecule has 0 aromatic rings. The lowest BCUT2D eigenvalue weighted by atomic mass is 9.71. The summed E-state index contributed by atoms with van der Waals surface area (Å²) in [5, 5.41) is 0. The average Bonchev–Trinajstić information content (AvgIpc) is 2.09. The highest BCUT2D eigenvalue weighted by molar-refractivity contribution is 6.11. The summed E-state index contributed by atoms with van der Waals surface area (Å²) in [4.78, 5) is 2.57. The Hall–Kier alpha value is 0.0249. The first kappa shape index (κ1) is 12.1. The van der Waals surface area contributed by atoms with Crippen LogP contribution < -0.4 is 0 Å². The van der Waals surface area contributed by atoms with Gasteiger partial charge in [0.05, 0.1) is 7.85 Å². The van der Waals surface area contributed by atoms with Crippen LogP contribution >= 0.6 is 0 Å². The molecule has 1 heterocycles. The van der Waals surface area contributed by atoms with Gasteiger partial charge >= 0.3 is 0 Å². The third kappa shape index (κ3) is 3.31. The highest BCUT2D eigenvalue weighted by Gasteiger charge is 2.22. The summed E-state index contributed by atoms with van der Waals surface area (Å²) < 4.78 is 0. The number of rotatable bonds is 1. The standard InChI is InChI=1S/C12H24BN/c1-9(2)14-6-5-12(13)11(4)7-10(3)8-14/h9-12H,5-8H2,1-4H3. The van der Waals surface area contributed by atoms with Crippen LogP contribution in [0.4, 0.5) is 0 Å². The highest BCUT2D eigenvalue weighted by atomic mass is 15.1. The summed E-state index contributed by atoms with van der Waals surface area (Å²) in [6.45, 7) is 11.6. The molecule has 1 aliphatic rings. The van der Waals surface area contributed by atoms with Crippen LogP contribution in [0.1, 0.15) is 40.5 Å². The van der Waals surface area contributed by atoms with Crippen molar-refractivity contribution in [1.29, 1.82) is 0 Å². The van der Waals surface area contributed by atoms with Gasteiger partial charge in [-0.15, -0.1) is 0 Å². The van der Waals surface area contributed by atoms with Crippen LogP contribution in [0, 0.1) is 11.8 Å². The summed E-state index contributed by atoms with van der Waals surface area (Å²) >= 11 is 0. The second-order valence-electron chi connectivity index (χ2n) is 5.36. The van der Waals surface area contributed by atoms with E-state index in [0.717, 1.165) is 12.3 Å². The fraction of sp³-hybridized carbons (Fsp3) is 1.00. The summed E-state index contributed by atoms with van der Waals surface area (Å²) in [6, 6.07) is 0.665. The normalized spacial score (nSPS) is 36.8. The van der Waals surface area contributed by atoms with Crippen molar-refractivity contribution in [3.05, 3.63) is 0 Å². The Morgan fingerprint density at radius 1 is 1.29 bits per heavy atom. The quantitative estimate of drug-likeness (QED) is 0.579. The molecular weight excluding hydrogens is 169 g/mol. The third-order valence-corrected chi connectivity index (χ3v) is 3.53. The van der Waals surface area contributed by atoms with Crippen LogP contribution in [0.15, 0.2) is 0 Å². The molecule has 0 bridgehead atoms. The first-order valence-corrected chi connectivity index (χ1v) is 6.00. The van der Waals surface area contributed by atoms with E-state index in [4.69, 9.17) is 7.85 Å². The van der Waals surface area contributed by atoms with Crippen molar-refractivity contribution in [3.63, 3.8) is 0 Å². The van der Waals surface area contributed by atoms with Crippen LogP contribution in [0.2, 0.25) is 5.82 Å². The molecular formula is C12H24BN. The Morgan fingerprint density at radius 3 is 2.50 bits per heavy atom. The molecule has 3 atom stereocenters. The first-order valence-electron chi connectivity index (χ1n) is 6.00. The van der Waals surface area contributed by atoms with Crippen molar-refractivity contribution in [2.75, 3.05) is 13.1 Å². The average molecular weight is 193 g/mol. The predicted octanol–water partition coefficient (Wildman–Crippen LogP) is 2.72. The second kappa shape index (κ2) is 5.20. The lowest BCUT2D eigenvalue weighted by Crippen LogP contribution is -2.38. The zero-order valence-electron chi connectivity index (χ0n) is 10.2. The summed E-state index contributed by atoms with van der Waals surface area (Å²) in [5.74, 6) is 1.89. The van der Waals surface area contributed by atoms with E-state index in [9.17, 15) is 0 Å². The van der Waals surface area contributed by atoms with Gasteiger partial charge < -0.3 is 4.90 Å². The van der Waals surface area contributed by atoms with E-state index in [1.807, 2.05) is 0 Å². The lowest BCUT2D eigenvalue weighted by molar-refractivity contribution is 0.156. The molecule has 2 heteroatoms. The monoisotopic (exact) mass is 193 g/mol. The molecule has 1 aliphatic heterocycles. The van der Waals surface area contributed by atoms with Gasteiger partial charge in [0.25, 0.3) is 0 Å². The van der Waals surface area contributed by atoms with Gasteiger partial charge in [-0.2, -0.15) is 0 Å². The minimum atomic E-state index is 0.402. The van der Waals surface area contributed by atoms with E-state index in [1.54, 1.807) is 0 Å². The van der Waals surface area contributed by atoms with Crippen molar-refractivity contribution in [3.8, 4) is 0 Å². The van der Waals surface area contributed by atoms with Gasteiger partial charge in [-0.3, -0.25) is 0 Å². The number of hydrogen-bond donors (Lipinski definition) is 0. The third-order valence-electron chi connectivity index (χ3n) is 3.53. The maximum Gasteiger partial charge on any atom is 0.0703 e. The second-order valence-corrected chi connectivity index (χ2v) is 5.36. The molecule has 1 nitrogen and oxygen atoms in total. The SMILES string of the molecule is [B]C1CCN(C(C)C)CC(C)CC1C. The zero-order chi connectivity index (χ0) is 10.7. The Kier molecular flexibility index (Phi) is 4.50. The van der Waals surface area contributed by atoms with Crippen LogP contribution in [0.5, 0.6) is 0 Å². The molecule has 2 radical (unpaired) electrons. The van der Waals surface area contributed by atoms with Crippen LogP contribution in [-0.2, 0) is 0 Å². The molecule has 0 aliphatic carbocycles. The summed E-state index contributed by atoms with van der Waals surface area (Å²) in [6.07, 6.45) is 2.44. The maximum absolute atomic E-state index is 6.15. The minimum absolute atomic E-state index is 0.402. The molecule has 1 rings (SSSR count). The predicted molar refractivity (Wildman–Crippen MR) is 63.8 cm³/mol. The Labute approximate surface area is 90.7 Å². The molecule has 0 aromatic carbocycles. The maximum atomic E-state index is 6.15. The fourth-order valence-corrected chi connectivity index (χ4v) is 2.44. The van der Waals surface area contributed by atoms with E-state index in [2.05, 4.69) is 32.6 Å². The van der Waals surface area contributed by atoms with Gasteiger partial charge in [-0.1, -0.05) is 19.7 Å². The van der Waals surface area contributed by atoms with Crippen molar-refractivity contribution in [1.82, 2.24) is 4.90 Å². The Bertz CT molecular complexity index is 170. The highest BCUT2D eigenvalue weighted by Crippen LogP contribution is 2.29. The van der Waals surface area contributed by atoms with E-state index < -0.39 is 0 Å². The Morgan fingerprint density at radius 2 is 1.93 bits per heavy atom. The molecule has 1 fully saturated rings. The largest absolute Gasteiger partial charge is 0.301 e. The van der Waals surface area contributed by atoms with Crippen molar-refractivity contribution in [2.24, 2.45) is 11.8 Å². The first-order chi connectivity index (χ1) is 6.50. The molecule has 80 valence electrons. The molecule has 0 saturated carbocycles. The topological polar surface area (TPSA) is 3.24 Å². The number of hydrogen-bond acceptors (Lipinski definition) is 1. The molecule has 0 amide bonds. The molecule has 14 heavy (non-hydrogen) atoms. The molecule has 0 aromatic heterocycles. The van der Waals surface area contributed by atoms with Crippen LogP contribution in [0.3, 0.4) is 0 Å². The van der Waals surface area contributed by atoms with Gasteiger partial charge in [0.1, 0.15) is 0 Å². The van der Waals surface area contributed by atoms with Gasteiger partial charge in [0.15, 0.2) is 0 Å². The van der Waals surface area contributed by atoms with Gasteiger partial charge in [-0.05, 0) is 45.1 Å². The van der Waals surface area contributed by atoms with Gasteiger partial charge in [0.2, 0.25) is 0 Å². The smallest absolute Gasteiger partial charge is 0.0703 e. The summed E-state index contributed by atoms with van der Waals surface area (Å²) in [5.41, 5.74) is 0. The molecule has 1 saturated heterocycles. The van der Waals surface area contributed by atoms with Crippen LogP contribution in [0.25, 0.3) is 0 Å². The van der Waals surface area contributed by atoms with E-state index in [1.165, 1.54) is 19.5 Å². The number of likely N-dealkylation sites (tertiary alicyclic amines) is 1. The van der Waals surface area contributed by atoms with E-state index in [0.29, 0.717) is 17.8 Å². The Balaban J connectivity index is 2.54. The van der Waals surface area contributed by atoms with Crippen molar-refractivity contribution < 1.29 is 0 Å². The number of nitrogens with zero attached hydrogens (tertiary/aromatic N) is 1. The minimum Gasteiger partial charge on any atom is -0.301 e. The van der Waals surface area contributed by atoms with Gasteiger partial charge in [0, 0.05) is 12.6 Å². The molecule has 3 unspecified atom stereocenters. The summed E-state index contributed by atoms with van der Waals surface area (Å²) in [7, 11) is 6.15.